The van der Waals surface area contributed by atoms with Crippen LogP contribution in [0.1, 0.15) is 12.3 Å². The Kier molecular flexibility index (Phi) is 3.04. The molecule has 0 saturated carbocycles. The average Bonchev–Trinajstić information content (AvgIpc) is 3.01. The lowest BCUT2D eigenvalue weighted by molar-refractivity contribution is 0.169. The van der Waals surface area contributed by atoms with Crippen LogP contribution < -0.4 is 0 Å². The third-order valence-corrected chi connectivity index (χ3v) is 2.99. The van der Waals surface area contributed by atoms with Crippen LogP contribution in [-0.2, 0) is 6.54 Å². The first-order valence-corrected chi connectivity index (χ1v) is 5.94. The number of hydrogen-bond acceptors (Lipinski definition) is 6. The van der Waals surface area contributed by atoms with E-state index in [-0.39, 0.29) is 6.10 Å². The minimum Gasteiger partial charge on any atom is -0.392 e. The summed E-state index contributed by atoms with van der Waals surface area (Å²) in [5, 5.41) is 13.4. The Morgan fingerprint density at radius 2 is 2.44 bits per heavy atom. The number of aliphatic hydroxyl groups excluding tert-OH is 1. The minimum atomic E-state index is -0.231. The van der Waals surface area contributed by atoms with Crippen molar-refractivity contribution in [3.8, 4) is 11.4 Å². The number of rotatable bonds is 3. The lowest BCUT2D eigenvalue weighted by atomic mass is 10.3. The standard InChI is InChI=1S/C12H14N4O2/c17-10-3-5-16(7-10)8-11-14-12(15-18-11)9-2-1-4-13-6-9/h1-2,4,6,10,17H,3,5,7-8H2. The summed E-state index contributed by atoms with van der Waals surface area (Å²) in [5.41, 5.74) is 0.842. The second-order valence-corrected chi connectivity index (χ2v) is 4.43. The molecule has 0 amide bonds. The zero-order valence-corrected chi connectivity index (χ0v) is 9.86. The predicted molar refractivity (Wildman–Crippen MR) is 63.4 cm³/mol. The van der Waals surface area contributed by atoms with Gasteiger partial charge in [0.15, 0.2) is 0 Å². The predicted octanol–water partition coefficient (Wildman–Crippen LogP) is 0.698. The van der Waals surface area contributed by atoms with Gasteiger partial charge in [-0.3, -0.25) is 9.88 Å². The Hall–Kier alpha value is -1.79. The van der Waals surface area contributed by atoms with Crippen molar-refractivity contribution >= 4 is 0 Å². The summed E-state index contributed by atoms with van der Waals surface area (Å²) in [6.07, 6.45) is 3.99. The molecule has 18 heavy (non-hydrogen) atoms. The van der Waals surface area contributed by atoms with Gasteiger partial charge in [-0.1, -0.05) is 5.16 Å². The molecule has 94 valence electrons. The maximum absolute atomic E-state index is 9.44. The van der Waals surface area contributed by atoms with E-state index in [1.807, 2.05) is 12.1 Å². The molecule has 1 aliphatic rings. The number of hydrogen-bond donors (Lipinski definition) is 1. The first-order valence-electron chi connectivity index (χ1n) is 5.94. The van der Waals surface area contributed by atoms with Crippen LogP contribution in [-0.4, -0.2) is 44.3 Å². The van der Waals surface area contributed by atoms with Crippen LogP contribution in [0.5, 0.6) is 0 Å². The van der Waals surface area contributed by atoms with Crippen LogP contribution in [0, 0.1) is 0 Å². The van der Waals surface area contributed by atoms with Gasteiger partial charge in [0.25, 0.3) is 0 Å². The monoisotopic (exact) mass is 246 g/mol. The summed E-state index contributed by atoms with van der Waals surface area (Å²) >= 11 is 0. The van der Waals surface area contributed by atoms with Crippen LogP contribution >= 0.6 is 0 Å². The fourth-order valence-electron chi connectivity index (χ4n) is 2.08. The van der Waals surface area contributed by atoms with Gasteiger partial charge in [-0.15, -0.1) is 0 Å². The van der Waals surface area contributed by atoms with Gasteiger partial charge in [0.1, 0.15) is 0 Å². The summed E-state index contributed by atoms with van der Waals surface area (Å²) in [6, 6.07) is 3.73. The molecular weight excluding hydrogens is 232 g/mol. The molecule has 0 bridgehead atoms. The van der Waals surface area contributed by atoms with E-state index in [1.54, 1.807) is 12.4 Å². The molecule has 6 heteroatoms. The van der Waals surface area contributed by atoms with Gasteiger partial charge in [0.2, 0.25) is 11.7 Å². The fourth-order valence-corrected chi connectivity index (χ4v) is 2.08. The highest BCUT2D eigenvalue weighted by atomic mass is 16.5. The highest BCUT2D eigenvalue weighted by Crippen LogP contribution is 2.16. The average molecular weight is 246 g/mol. The molecule has 0 aliphatic carbocycles. The number of likely N-dealkylation sites (tertiary alicyclic amines) is 1. The maximum Gasteiger partial charge on any atom is 0.241 e. The van der Waals surface area contributed by atoms with Gasteiger partial charge >= 0.3 is 0 Å². The number of pyridine rings is 1. The third kappa shape index (κ3) is 2.39. The SMILES string of the molecule is OC1CCN(Cc2nc(-c3cccnc3)no2)C1. The fraction of sp³-hybridized carbons (Fsp3) is 0.417. The van der Waals surface area contributed by atoms with E-state index in [4.69, 9.17) is 4.52 Å². The first kappa shape index (κ1) is 11.3. The Balaban J connectivity index is 1.70. The zero-order valence-electron chi connectivity index (χ0n) is 9.86. The van der Waals surface area contributed by atoms with Gasteiger partial charge in [-0.2, -0.15) is 4.98 Å². The van der Waals surface area contributed by atoms with E-state index in [2.05, 4.69) is 20.0 Å². The first-order chi connectivity index (χ1) is 8.81. The molecule has 1 atom stereocenters. The van der Waals surface area contributed by atoms with Crippen LogP contribution in [0.3, 0.4) is 0 Å². The van der Waals surface area contributed by atoms with E-state index >= 15 is 0 Å². The van der Waals surface area contributed by atoms with E-state index in [0.717, 1.165) is 18.5 Å². The molecule has 2 aromatic rings. The lowest BCUT2D eigenvalue weighted by Gasteiger charge is -2.10. The molecule has 1 fully saturated rings. The molecule has 3 heterocycles. The quantitative estimate of drug-likeness (QED) is 0.859. The van der Waals surface area contributed by atoms with Crippen molar-refractivity contribution in [2.24, 2.45) is 0 Å². The number of nitrogens with zero attached hydrogens (tertiary/aromatic N) is 4. The molecule has 6 nitrogen and oxygen atoms in total. The molecule has 1 N–H and O–H groups in total. The summed E-state index contributed by atoms with van der Waals surface area (Å²) in [5.74, 6) is 1.13. The van der Waals surface area contributed by atoms with Gasteiger partial charge in [-0.25, -0.2) is 0 Å². The lowest BCUT2D eigenvalue weighted by Crippen LogP contribution is -2.21. The summed E-state index contributed by atoms with van der Waals surface area (Å²) in [7, 11) is 0. The van der Waals surface area contributed by atoms with Crippen LogP contribution in [0.15, 0.2) is 29.0 Å². The van der Waals surface area contributed by atoms with Gasteiger partial charge < -0.3 is 9.63 Å². The summed E-state index contributed by atoms with van der Waals surface area (Å²) in [4.78, 5) is 10.4. The van der Waals surface area contributed by atoms with Crippen LogP contribution in [0.25, 0.3) is 11.4 Å². The highest BCUT2D eigenvalue weighted by Gasteiger charge is 2.22. The van der Waals surface area contributed by atoms with Gasteiger partial charge in [0.05, 0.1) is 12.6 Å². The molecule has 3 rings (SSSR count). The van der Waals surface area contributed by atoms with Crippen LogP contribution in [0.2, 0.25) is 0 Å². The second-order valence-electron chi connectivity index (χ2n) is 4.43. The molecule has 0 radical (unpaired) electrons. The highest BCUT2D eigenvalue weighted by molar-refractivity contribution is 5.51. The Morgan fingerprint density at radius 3 is 3.17 bits per heavy atom. The smallest absolute Gasteiger partial charge is 0.241 e. The normalized spacial score (nSPS) is 20.4. The van der Waals surface area contributed by atoms with Gasteiger partial charge in [0, 0.05) is 31.0 Å². The molecular formula is C12H14N4O2. The van der Waals surface area contributed by atoms with Crippen LogP contribution in [0.4, 0.5) is 0 Å². The topological polar surface area (TPSA) is 75.3 Å². The Bertz CT molecular complexity index is 514. The second kappa shape index (κ2) is 4.83. The molecule has 2 aromatic heterocycles. The number of aromatic nitrogens is 3. The van der Waals surface area contributed by atoms with Gasteiger partial charge in [-0.05, 0) is 18.6 Å². The van der Waals surface area contributed by atoms with Crippen molar-refractivity contribution in [1.29, 1.82) is 0 Å². The van der Waals surface area contributed by atoms with E-state index in [9.17, 15) is 5.11 Å². The van der Waals surface area contributed by atoms with E-state index < -0.39 is 0 Å². The molecule has 0 aromatic carbocycles. The largest absolute Gasteiger partial charge is 0.392 e. The van der Waals surface area contributed by atoms with Crippen molar-refractivity contribution < 1.29 is 9.63 Å². The van der Waals surface area contributed by atoms with Crippen molar-refractivity contribution in [1.82, 2.24) is 20.0 Å². The molecule has 1 saturated heterocycles. The van der Waals surface area contributed by atoms with Crippen molar-refractivity contribution in [2.45, 2.75) is 19.1 Å². The maximum atomic E-state index is 9.44. The third-order valence-electron chi connectivity index (χ3n) is 2.99. The van der Waals surface area contributed by atoms with E-state index in [1.165, 1.54) is 0 Å². The Morgan fingerprint density at radius 1 is 1.50 bits per heavy atom. The zero-order chi connectivity index (χ0) is 12.4. The molecule has 1 unspecified atom stereocenters. The Labute approximate surface area is 104 Å². The van der Waals surface area contributed by atoms with Crippen molar-refractivity contribution in [3.05, 3.63) is 30.4 Å². The van der Waals surface area contributed by atoms with Crippen molar-refractivity contribution in [3.63, 3.8) is 0 Å². The number of aliphatic hydroxyl groups is 1. The molecule has 0 spiro atoms. The van der Waals surface area contributed by atoms with E-state index in [0.29, 0.717) is 24.8 Å². The summed E-state index contributed by atoms with van der Waals surface area (Å²) in [6.45, 7) is 2.13. The molecule has 1 aliphatic heterocycles. The summed E-state index contributed by atoms with van der Waals surface area (Å²) < 4.78 is 5.20. The minimum absolute atomic E-state index is 0.231. The van der Waals surface area contributed by atoms with Crippen molar-refractivity contribution in [2.75, 3.05) is 13.1 Å². The number of β-amino-alcohol motifs (C(OH)–C–C–N with tert-alkyl or cyclic N) is 1.